The van der Waals surface area contributed by atoms with Crippen LogP contribution < -0.4 is 5.32 Å². The molecule has 1 aliphatic carbocycles. The smallest absolute Gasteiger partial charge is 0.331 e. The molecule has 0 amide bonds. The van der Waals surface area contributed by atoms with Gasteiger partial charge in [0.1, 0.15) is 5.54 Å². The van der Waals surface area contributed by atoms with Gasteiger partial charge in [0.2, 0.25) is 0 Å². The minimum Gasteiger partial charge on any atom is -0.464 e. The average Bonchev–Trinajstić information content (AvgIpc) is 3.27. The first-order valence-corrected chi connectivity index (χ1v) is 8.92. The molecular weight excluding hydrogens is 290 g/mol. The van der Waals surface area contributed by atoms with Crippen molar-refractivity contribution in [3.05, 3.63) is 29.8 Å². The third-order valence-electron chi connectivity index (χ3n) is 4.08. The monoisotopic (exact) mass is 309 g/mol. The molecule has 5 nitrogen and oxygen atoms in total. The van der Waals surface area contributed by atoms with Crippen LogP contribution in [0.2, 0.25) is 0 Å². The quantitative estimate of drug-likeness (QED) is 0.851. The Morgan fingerprint density at radius 1 is 1.38 bits per heavy atom. The molecule has 3 rings (SSSR count). The molecule has 1 unspecified atom stereocenters. The van der Waals surface area contributed by atoms with Gasteiger partial charge in [0.25, 0.3) is 0 Å². The molecule has 0 bridgehead atoms. The lowest BCUT2D eigenvalue weighted by atomic mass is 9.86. The van der Waals surface area contributed by atoms with Gasteiger partial charge in [-0.25, -0.2) is 13.2 Å². The Labute approximate surface area is 124 Å². The molecule has 1 aliphatic heterocycles. The fourth-order valence-corrected chi connectivity index (χ4v) is 4.53. The van der Waals surface area contributed by atoms with E-state index >= 15 is 0 Å². The largest absolute Gasteiger partial charge is 0.464 e. The normalized spacial score (nSPS) is 26.9. The lowest BCUT2D eigenvalue weighted by molar-refractivity contribution is -0.152. The molecule has 2 aliphatic rings. The lowest BCUT2D eigenvalue weighted by Gasteiger charge is -2.37. The first kappa shape index (κ1) is 14.5. The number of benzene rings is 1. The van der Waals surface area contributed by atoms with Gasteiger partial charge >= 0.3 is 5.97 Å². The van der Waals surface area contributed by atoms with Gasteiger partial charge in [0, 0.05) is 11.6 Å². The van der Waals surface area contributed by atoms with Crippen LogP contribution in [-0.2, 0) is 24.9 Å². The molecule has 6 heteroatoms. The third-order valence-corrected chi connectivity index (χ3v) is 5.85. The molecule has 0 saturated heterocycles. The van der Waals surface area contributed by atoms with Gasteiger partial charge in [-0.15, -0.1) is 0 Å². The number of rotatable bonds is 4. The zero-order chi connectivity index (χ0) is 15.1. The van der Waals surface area contributed by atoms with Crippen LogP contribution in [0.25, 0.3) is 0 Å². The first-order valence-electron chi connectivity index (χ1n) is 7.27. The maximum atomic E-state index is 12.6. The molecule has 1 N–H and O–H groups in total. The fraction of sp³-hybridized carbons (Fsp3) is 0.533. The van der Waals surface area contributed by atoms with E-state index < -0.39 is 15.4 Å². The number of ether oxygens (including phenoxy) is 1. The second-order valence-electron chi connectivity index (χ2n) is 5.61. The van der Waals surface area contributed by atoms with E-state index in [-0.39, 0.29) is 35.7 Å². The van der Waals surface area contributed by atoms with Gasteiger partial charge in [-0.05, 0) is 32.3 Å². The summed E-state index contributed by atoms with van der Waals surface area (Å²) in [5, 5.41) is 3.35. The number of carbonyl (C=O) groups excluding carboxylic acids is 1. The van der Waals surface area contributed by atoms with Crippen LogP contribution in [0.15, 0.2) is 29.2 Å². The summed E-state index contributed by atoms with van der Waals surface area (Å²) < 4.78 is 29.8. The molecule has 0 spiro atoms. The van der Waals surface area contributed by atoms with Crippen molar-refractivity contribution in [1.29, 1.82) is 0 Å². The Morgan fingerprint density at radius 3 is 2.76 bits per heavy atom. The summed E-state index contributed by atoms with van der Waals surface area (Å²) in [5.41, 5.74) is -0.499. The van der Waals surface area contributed by atoms with Crippen LogP contribution in [0.1, 0.15) is 31.7 Å². The molecular formula is C15H19NO4S. The van der Waals surface area contributed by atoms with Crippen LogP contribution in [0.5, 0.6) is 0 Å². The van der Waals surface area contributed by atoms with E-state index in [4.69, 9.17) is 4.74 Å². The Bertz CT molecular complexity index is 666. The highest BCUT2D eigenvalue weighted by molar-refractivity contribution is 7.91. The highest BCUT2D eigenvalue weighted by Crippen LogP contribution is 2.40. The first-order chi connectivity index (χ1) is 9.99. The Hall–Kier alpha value is -1.40. The van der Waals surface area contributed by atoms with Crippen molar-refractivity contribution in [2.75, 3.05) is 12.4 Å². The predicted molar refractivity (Wildman–Crippen MR) is 77.6 cm³/mol. The van der Waals surface area contributed by atoms with E-state index in [1.807, 2.05) is 0 Å². The van der Waals surface area contributed by atoms with Crippen molar-refractivity contribution in [3.8, 4) is 0 Å². The summed E-state index contributed by atoms with van der Waals surface area (Å²) in [4.78, 5) is 12.8. The van der Waals surface area contributed by atoms with Crippen LogP contribution in [0.3, 0.4) is 0 Å². The SMILES string of the molecule is CCOC(=O)C1(NC2CC2)CCS(=O)(=O)c2ccccc21. The third kappa shape index (κ3) is 2.46. The van der Waals surface area contributed by atoms with Crippen molar-refractivity contribution in [1.82, 2.24) is 5.32 Å². The Balaban J connectivity index is 2.13. The maximum Gasteiger partial charge on any atom is 0.331 e. The fourth-order valence-electron chi connectivity index (χ4n) is 2.87. The number of hydrogen-bond donors (Lipinski definition) is 1. The van der Waals surface area contributed by atoms with Gasteiger partial charge in [0.05, 0.1) is 17.3 Å². The highest BCUT2D eigenvalue weighted by Gasteiger charge is 2.50. The van der Waals surface area contributed by atoms with Crippen molar-refractivity contribution in [3.63, 3.8) is 0 Å². The van der Waals surface area contributed by atoms with Crippen molar-refractivity contribution < 1.29 is 17.9 Å². The van der Waals surface area contributed by atoms with E-state index in [2.05, 4.69) is 5.32 Å². The van der Waals surface area contributed by atoms with E-state index in [0.717, 1.165) is 12.8 Å². The van der Waals surface area contributed by atoms with Crippen molar-refractivity contribution in [2.24, 2.45) is 0 Å². The number of hydrogen-bond acceptors (Lipinski definition) is 5. The summed E-state index contributed by atoms with van der Waals surface area (Å²) in [5.74, 6) is -0.415. The Morgan fingerprint density at radius 2 is 2.10 bits per heavy atom. The number of nitrogens with one attached hydrogen (secondary N) is 1. The van der Waals surface area contributed by atoms with Gasteiger partial charge in [-0.3, -0.25) is 5.32 Å². The number of fused-ring (bicyclic) bond motifs is 1. The summed E-state index contributed by atoms with van der Waals surface area (Å²) in [6.45, 7) is 2.04. The maximum absolute atomic E-state index is 12.6. The number of sulfone groups is 1. The van der Waals surface area contributed by atoms with Crippen LogP contribution in [-0.4, -0.2) is 32.8 Å². The second kappa shape index (κ2) is 5.10. The average molecular weight is 309 g/mol. The molecule has 1 saturated carbocycles. The van der Waals surface area contributed by atoms with E-state index in [0.29, 0.717) is 5.56 Å². The molecule has 0 aromatic heterocycles. The molecule has 1 fully saturated rings. The predicted octanol–water partition coefficient (Wildman–Crippen LogP) is 1.37. The second-order valence-corrected chi connectivity index (χ2v) is 7.69. The van der Waals surface area contributed by atoms with Crippen LogP contribution in [0.4, 0.5) is 0 Å². The van der Waals surface area contributed by atoms with E-state index in [9.17, 15) is 13.2 Å². The summed E-state index contributed by atoms with van der Waals surface area (Å²) in [7, 11) is -3.32. The van der Waals surface area contributed by atoms with Crippen molar-refractivity contribution >= 4 is 15.8 Å². The van der Waals surface area contributed by atoms with Gasteiger partial charge in [0.15, 0.2) is 9.84 Å². The van der Waals surface area contributed by atoms with E-state index in [1.165, 1.54) is 0 Å². The van der Waals surface area contributed by atoms with Crippen LogP contribution in [0, 0.1) is 0 Å². The lowest BCUT2D eigenvalue weighted by Crippen LogP contribution is -2.54. The van der Waals surface area contributed by atoms with Gasteiger partial charge < -0.3 is 4.74 Å². The minimum absolute atomic E-state index is 0.0391. The summed E-state index contributed by atoms with van der Waals surface area (Å²) in [6, 6.07) is 7.02. The zero-order valence-corrected chi connectivity index (χ0v) is 12.8. The summed E-state index contributed by atoms with van der Waals surface area (Å²) in [6.07, 6.45) is 2.24. The molecule has 1 aromatic carbocycles. The molecule has 0 radical (unpaired) electrons. The van der Waals surface area contributed by atoms with Crippen LogP contribution >= 0.6 is 0 Å². The standard InChI is InChI=1S/C15H19NO4S/c1-2-20-14(17)15(16-11-7-8-11)9-10-21(18,19)13-6-4-3-5-12(13)15/h3-6,11,16H,2,7-10H2,1H3. The number of esters is 1. The highest BCUT2D eigenvalue weighted by atomic mass is 32.2. The topological polar surface area (TPSA) is 72.5 Å². The molecule has 1 heterocycles. The molecule has 21 heavy (non-hydrogen) atoms. The Kier molecular flexibility index (Phi) is 3.53. The molecule has 1 atom stereocenters. The minimum atomic E-state index is -3.32. The molecule has 114 valence electrons. The molecule has 1 aromatic rings. The van der Waals surface area contributed by atoms with Gasteiger partial charge in [-0.1, -0.05) is 18.2 Å². The number of carbonyl (C=O) groups is 1. The van der Waals surface area contributed by atoms with E-state index in [1.54, 1.807) is 31.2 Å². The summed E-state index contributed by atoms with van der Waals surface area (Å²) >= 11 is 0. The van der Waals surface area contributed by atoms with Gasteiger partial charge in [-0.2, -0.15) is 0 Å². The van der Waals surface area contributed by atoms with Crippen molar-refractivity contribution in [2.45, 2.75) is 42.7 Å². The zero-order valence-electron chi connectivity index (χ0n) is 12.0.